The van der Waals surface area contributed by atoms with Crippen LogP contribution in [0.4, 0.5) is 5.69 Å². The van der Waals surface area contributed by atoms with Gasteiger partial charge in [0.15, 0.2) is 0 Å². The van der Waals surface area contributed by atoms with Crippen LogP contribution in [0, 0.1) is 6.92 Å². The van der Waals surface area contributed by atoms with Crippen molar-refractivity contribution in [3.05, 3.63) is 64.1 Å². The first-order valence-corrected chi connectivity index (χ1v) is 7.04. The largest absolute Gasteiger partial charge is 0.367 e. The van der Waals surface area contributed by atoms with Crippen molar-refractivity contribution in [2.75, 3.05) is 11.4 Å². The fourth-order valence-corrected chi connectivity index (χ4v) is 2.44. The van der Waals surface area contributed by atoms with Crippen molar-refractivity contribution in [3.8, 4) is 0 Å². The Morgan fingerprint density at radius 1 is 1.06 bits per heavy atom. The third-order valence-corrected chi connectivity index (χ3v) is 3.54. The Labute approximate surface area is 118 Å². The van der Waals surface area contributed by atoms with Crippen molar-refractivity contribution in [1.29, 1.82) is 0 Å². The third-order valence-electron chi connectivity index (χ3n) is 3.04. The fraction of sp³-hybridized carbons (Fsp3) is 0.250. The molecule has 0 N–H and O–H groups in total. The number of rotatable bonds is 4. The molecular weight excluding hydrogens is 286 g/mol. The van der Waals surface area contributed by atoms with Crippen molar-refractivity contribution in [2.24, 2.45) is 0 Å². The van der Waals surface area contributed by atoms with Gasteiger partial charge in [-0.15, -0.1) is 0 Å². The molecule has 0 saturated heterocycles. The van der Waals surface area contributed by atoms with Crippen LogP contribution >= 0.6 is 15.9 Å². The van der Waals surface area contributed by atoms with E-state index in [0.717, 1.165) is 17.6 Å². The normalized spacial score (nSPS) is 10.4. The second-order valence-electron chi connectivity index (χ2n) is 4.48. The summed E-state index contributed by atoms with van der Waals surface area (Å²) in [5.41, 5.74) is 3.91. The van der Waals surface area contributed by atoms with E-state index in [-0.39, 0.29) is 0 Å². The van der Waals surface area contributed by atoms with Gasteiger partial charge < -0.3 is 4.90 Å². The highest BCUT2D eigenvalue weighted by Crippen LogP contribution is 2.19. The maximum Gasteiger partial charge on any atom is 0.0429 e. The standard InChI is InChI=1S/C16H18BrN/c1-3-18(16-9-7-13(2)8-10-16)12-14-5-4-6-15(17)11-14/h4-11H,3,12H2,1-2H3. The van der Waals surface area contributed by atoms with E-state index in [2.05, 4.69) is 83.2 Å². The van der Waals surface area contributed by atoms with Crippen LogP contribution in [0.25, 0.3) is 0 Å². The molecule has 0 unspecified atom stereocenters. The summed E-state index contributed by atoms with van der Waals surface area (Å²) in [5.74, 6) is 0. The minimum absolute atomic E-state index is 0.943. The molecule has 2 heteroatoms. The van der Waals surface area contributed by atoms with E-state index in [0.29, 0.717) is 0 Å². The molecule has 2 aromatic rings. The average molecular weight is 304 g/mol. The van der Waals surface area contributed by atoms with Crippen LogP contribution in [-0.2, 0) is 6.54 Å². The maximum absolute atomic E-state index is 3.52. The molecule has 0 fully saturated rings. The molecule has 0 atom stereocenters. The fourth-order valence-electron chi connectivity index (χ4n) is 2.00. The lowest BCUT2D eigenvalue weighted by Crippen LogP contribution is -2.21. The molecule has 0 aromatic heterocycles. The third kappa shape index (κ3) is 3.36. The smallest absolute Gasteiger partial charge is 0.0429 e. The van der Waals surface area contributed by atoms with Crippen LogP contribution in [0.5, 0.6) is 0 Å². The quantitative estimate of drug-likeness (QED) is 0.785. The molecule has 0 radical (unpaired) electrons. The summed E-state index contributed by atoms with van der Waals surface area (Å²) >= 11 is 3.52. The summed E-state index contributed by atoms with van der Waals surface area (Å²) in [4.78, 5) is 2.38. The van der Waals surface area contributed by atoms with Gasteiger partial charge in [-0.05, 0) is 43.7 Å². The van der Waals surface area contributed by atoms with E-state index in [1.807, 2.05) is 0 Å². The number of anilines is 1. The molecule has 0 aliphatic heterocycles. The summed E-state index contributed by atoms with van der Waals surface area (Å²) in [6, 6.07) is 17.2. The molecule has 18 heavy (non-hydrogen) atoms. The molecule has 94 valence electrons. The van der Waals surface area contributed by atoms with Crippen molar-refractivity contribution >= 4 is 21.6 Å². The first-order chi connectivity index (χ1) is 8.69. The second kappa shape index (κ2) is 6.05. The Balaban J connectivity index is 2.17. The molecule has 2 aromatic carbocycles. The topological polar surface area (TPSA) is 3.24 Å². The van der Waals surface area contributed by atoms with Crippen LogP contribution in [0.15, 0.2) is 53.0 Å². The van der Waals surface area contributed by atoms with Gasteiger partial charge in [-0.3, -0.25) is 0 Å². The molecule has 0 aliphatic rings. The van der Waals surface area contributed by atoms with E-state index < -0.39 is 0 Å². The zero-order chi connectivity index (χ0) is 13.0. The first kappa shape index (κ1) is 13.2. The Morgan fingerprint density at radius 2 is 1.78 bits per heavy atom. The molecular formula is C16H18BrN. The van der Waals surface area contributed by atoms with Crippen LogP contribution in [0.3, 0.4) is 0 Å². The number of hydrogen-bond acceptors (Lipinski definition) is 1. The predicted octanol–water partition coefficient (Wildman–Crippen LogP) is 4.78. The Morgan fingerprint density at radius 3 is 2.39 bits per heavy atom. The maximum atomic E-state index is 3.52. The molecule has 2 rings (SSSR count). The predicted molar refractivity (Wildman–Crippen MR) is 82.0 cm³/mol. The molecule has 0 amide bonds. The number of nitrogens with zero attached hydrogens (tertiary/aromatic N) is 1. The van der Waals surface area contributed by atoms with Gasteiger partial charge in [-0.25, -0.2) is 0 Å². The van der Waals surface area contributed by atoms with Gasteiger partial charge in [-0.2, -0.15) is 0 Å². The van der Waals surface area contributed by atoms with Gasteiger partial charge in [0.05, 0.1) is 0 Å². The molecule has 0 spiro atoms. The number of halogens is 1. The van der Waals surface area contributed by atoms with Gasteiger partial charge in [0.2, 0.25) is 0 Å². The highest BCUT2D eigenvalue weighted by molar-refractivity contribution is 9.10. The van der Waals surface area contributed by atoms with Crippen molar-refractivity contribution in [1.82, 2.24) is 0 Å². The Kier molecular flexibility index (Phi) is 4.43. The minimum Gasteiger partial charge on any atom is -0.367 e. The summed E-state index contributed by atoms with van der Waals surface area (Å²) in [5, 5.41) is 0. The summed E-state index contributed by atoms with van der Waals surface area (Å²) in [6.07, 6.45) is 0. The minimum atomic E-state index is 0.943. The molecule has 0 aliphatic carbocycles. The van der Waals surface area contributed by atoms with Crippen LogP contribution in [0.2, 0.25) is 0 Å². The summed E-state index contributed by atoms with van der Waals surface area (Å²) in [7, 11) is 0. The van der Waals surface area contributed by atoms with E-state index in [4.69, 9.17) is 0 Å². The van der Waals surface area contributed by atoms with Gasteiger partial charge in [0.25, 0.3) is 0 Å². The molecule has 0 saturated carbocycles. The highest BCUT2D eigenvalue weighted by atomic mass is 79.9. The van der Waals surface area contributed by atoms with Crippen LogP contribution in [0.1, 0.15) is 18.1 Å². The molecule has 0 bridgehead atoms. The van der Waals surface area contributed by atoms with E-state index in [1.54, 1.807) is 0 Å². The SMILES string of the molecule is CCN(Cc1cccc(Br)c1)c1ccc(C)cc1. The number of aryl methyl sites for hydroxylation is 1. The first-order valence-electron chi connectivity index (χ1n) is 6.25. The van der Waals surface area contributed by atoms with Gasteiger partial charge in [0, 0.05) is 23.2 Å². The van der Waals surface area contributed by atoms with Gasteiger partial charge >= 0.3 is 0 Å². The van der Waals surface area contributed by atoms with E-state index >= 15 is 0 Å². The van der Waals surface area contributed by atoms with Crippen LogP contribution < -0.4 is 4.90 Å². The van der Waals surface area contributed by atoms with Gasteiger partial charge in [0.1, 0.15) is 0 Å². The highest BCUT2D eigenvalue weighted by Gasteiger charge is 2.05. The van der Waals surface area contributed by atoms with Crippen molar-refractivity contribution in [3.63, 3.8) is 0 Å². The Hall–Kier alpha value is -1.28. The summed E-state index contributed by atoms with van der Waals surface area (Å²) < 4.78 is 1.14. The zero-order valence-electron chi connectivity index (χ0n) is 10.9. The monoisotopic (exact) mass is 303 g/mol. The van der Waals surface area contributed by atoms with E-state index in [1.165, 1.54) is 16.8 Å². The second-order valence-corrected chi connectivity index (χ2v) is 5.40. The zero-order valence-corrected chi connectivity index (χ0v) is 12.4. The van der Waals surface area contributed by atoms with Crippen LogP contribution in [-0.4, -0.2) is 6.54 Å². The lowest BCUT2D eigenvalue weighted by Gasteiger charge is -2.23. The van der Waals surface area contributed by atoms with Gasteiger partial charge in [-0.1, -0.05) is 45.8 Å². The number of benzene rings is 2. The Bertz CT molecular complexity index is 505. The lowest BCUT2D eigenvalue weighted by atomic mass is 10.1. The van der Waals surface area contributed by atoms with Crippen molar-refractivity contribution < 1.29 is 0 Å². The average Bonchev–Trinajstić information content (AvgIpc) is 2.37. The number of hydrogen-bond donors (Lipinski definition) is 0. The van der Waals surface area contributed by atoms with E-state index in [9.17, 15) is 0 Å². The summed E-state index contributed by atoms with van der Waals surface area (Å²) in [6.45, 7) is 6.26. The lowest BCUT2D eigenvalue weighted by molar-refractivity contribution is 0.831. The molecule has 1 nitrogen and oxygen atoms in total. The van der Waals surface area contributed by atoms with Crippen molar-refractivity contribution in [2.45, 2.75) is 20.4 Å². The molecule has 0 heterocycles.